The molecule has 3 amide bonds. The fourth-order valence-corrected chi connectivity index (χ4v) is 2.92. The van der Waals surface area contributed by atoms with Gasteiger partial charge in [-0.15, -0.1) is 0 Å². The lowest BCUT2D eigenvalue weighted by atomic mass is 10.0. The highest BCUT2D eigenvalue weighted by molar-refractivity contribution is 5.88. The van der Waals surface area contributed by atoms with Gasteiger partial charge in [-0.3, -0.25) is 4.79 Å². The first-order valence-corrected chi connectivity index (χ1v) is 8.99. The number of urea groups is 1. The van der Waals surface area contributed by atoms with E-state index in [4.69, 9.17) is 4.52 Å². The van der Waals surface area contributed by atoms with Gasteiger partial charge in [-0.25, -0.2) is 14.8 Å². The maximum absolute atomic E-state index is 12.6. The minimum absolute atomic E-state index is 0.0221. The summed E-state index contributed by atoms with van der Waals surface area (Å²) in [5.74, 6) is 0.834. The van der Waals surface area contributed by atoms with Crippen LogP contribution in [-0.2, 0) is 11.3 Å². The van der Waals surface area contributed by atoms with Crippen LogP contribution in [0.3, 0.4) is 0 Å². The molecule has 2 aromatic rings. The van der Waals surface area contributed by atoms with E-state index in [0.717, 1.165) is 12.8 Å². The predicted octanol–water partition coefficient (Wildman–Crippen LogP) is 1.07. The Bertz CT molecular complexity index is 780. The Kier molecular flexibility index (Phi) is 5.94. The molecule has 10 nitrogen and oxygen atoms in total. The van der Waals surface area contributed by atoms with Gasteiger partial charge < -0.3 is 19.6 Å². The van der Waals surface area contributed by atoms with E-state index in [1.54, 1.807) is 35.3 Å². The SMILES string of the molecule is CCCC[C@H]1C(=O)N(C)CCN1C(=O)NCc1nc(-c2ncccn2)no1. The molecule has 0 unspecified atom stereocenters. The van der Waals surface area contributed by atoms with Gasteiger partial charge in [-0.05, 0) is 12.5 Å². The van der Waals surface area contributed by atoms with Crippen molar-refractivity contribution in [1.29, 1.82) is 0 Å². The van der Waals surface area contributed by atoms with E-state index in [2.05, 4.69) is 32.3 Å². The summed E-state index contributed by atoms with van der Waals surface area (Å²) >= 11 is 0. The normalized spacial score (nSPS) is 17.3. The molecule has 3 heterocycles. The third-order valence-electron chi connectivity index (χ3n) is 4.43. The van der Waals surface area contributed by atoms with Crippen LogP contribution in [0.1, 0.15) is 32.1 Å². The number of likely N-dealkylation sites (N-methyl/N-ethyl adjacent to an activating group) is 1. The van der Waals surface area contributed by atoms with Crippen LogP contribution in [0.4, 0.5) is 4.79 Å². The molecule has 10 heteroatoms. The van der Waals surface area contributed by atoms with Crippen LogP contribution in [0.2, 0.25) is 0 Å². The average Bonchev–Trinajstić information content (AvgIpc) is 3.17. The second-order valence-corrected chi connectivity index (χ2v) is 6.35. The lowest BCUT2D eigenvalue weighted by Crippen LogP contribution is -2.59. The van der Waals surface area contributed by atoms with E-state index in [-0.39, 0.29) is 30.2 Å². The molecule has 2 aromatic heterocycles. The summed E-state index contributed by atoms with van der Waals surface area (Å²) in [5, 5.41) is 6.57. The van der Waals surface area contributed by atoms with Gasteiger partial charge in [0.05, 0.1) is 6.54 Å². The topological polar surface area (TPSA) is 117 Å². The summed E-state index contributed by atoms with van der Waals surface area (Å²) in [6.45, 7) is 3.14. The number of hydrogen-bond acceptors (Lipinski definition) is 7. The van der Waals surface area contributed by atoms with Gasteiger partial charge in [0.25, 0.3) is 0 Å². The number of nitrogens with one attached hydrogen (secondary N) is 1. The predicted molar refractivity (Wildman–Crippen MR) is 95.2 cm³/mol. The molecular formula is C17H23N7O3. The number of aromatic nitrogens is 4. The van der Waals surface area contributed by atoms with Crippen molar-refractivity contribution in [3.63, 3.8) is 0 Å². The number of amides is 3. The Morgan fingerprint density at radius 3 is 2.81 bits per heavy atom. The van der Waals surface area contributed by atoms with Gasteiger partial charge in [0.1, 0.15) is 6.04 Å². The highest BCUT2D eigenvalue weighted by atomic mass is 16.5. The van der Waals surface area contributed by atoms with E-state index in [1.165, 1.54) is 0 Å². The monoisotopic (exact) mass is 373 g/mol. The second-order valence-electron chi connectivity index (χ2n) is 6.35. The zero-order valence-corrected chi connectivity index (χ0v) is 15.5. The molecule has 0 saturated carbocycles. The quantitative estimate of drug-likeness (QED) is 0.805. The minimum atomic E-state index is -0.431. The van der Waals surface area contributed by atoms with E-state index in [0.29, 0.717) is 25.3 Å². The van der Waals surface area contributed by atoms with Crippen molar-refractivity contribution >= 4 is 11.9 Å². The largest absolute Gasteiger partial charge is 0.342 e. The Morgan fingerprint density at radius 2 is 2.07 bits per heavy atom. The maximum atomic E-state index is 12.6. The number of rotatable bonds is 6. The summed E-state index contributed by atoms with van der Waals surface area (Å²) in [5.41, 5.74) is 0. The first-order chi connectivity index (χ1) is 13.1. The third-order valence-corrected chi connectivity index (χ3v) is 4.43. The summed E-state index contributed by atoms with van der Waals surface area (Å²) in [7, 11) is 1.77. The fourth-order valence-electron chi connectivity index (χ4n) is 2.92. The van der Waals surface area contributed by atoms with Gasteiger partial charge in [0, 0.05) is 32.5 Å². The standard InChI is InChI=1S/C17H23N7O3/c1-3-4-6-12-16(25)23(2)9-10-24(12)17(26)20-11-13-21-15(22-27-13)14-18-7-5-8-19-14/h5,7-8,12H,3-4,6,9-11H2,1-2H3,(H,20,26)/t12-/m0/s1. The van der Waals surface area contributed by atoms with Crippen LogP contribution < -0.4 is 5.32 Å². The van der Waals surface area contributed by atoms with Crippen molar-refractivity contribution in [2.24, 2.45) is 0 Å². The zero-order valence-electron chi connectivity index (χ0n) is 15.5. The molecular weight excluding hydrogens is 350 g/mol. The van der Waals surface area contributed by atoms with Crippen LogP contribution in [0.15, 0.2) is 23.0 Å². The van der Waals surface area contributed by atoms with Crippen molar-refractivity contribution in [2.75, 3.05) is 20.1 Å². The number of carbonyl (C=O) groups excluding carboxylic acids is 2. The number of piperazine rings is 1. The molecule has 0 spiro atoms. The molecule has 1 N–H and O–H groups in total. The first kappa shape index (κ1) is 18.7. The van der Waals surface area contributed by atoms with Crippen molar-refractivity contribution in [1.82, 2.24) is 35.2 Å². The molecule has 144 valence electrons. The summed E-state index contributed by atoms with van der Waals surface area (Å²) in [6.07, 6.45) is 5.68. The summed E-state index contributed by atoms with van der Waals surface area (Å²) < 4.78 is 5.14. The van der Waals surface area contributed by atoms with Gasteiger partial charge in [0.2, 0.25) is 23.4 Å². The molecule has 0 aromatic carbocycles. The number of nitrogens with zero attached hydrogens (tertiary/aromatic N) is 6. The molecule has 27 heavy (non-hydrogen) atoms. The van der Waals surface area contributed by atoms with Crippen LogP contribution in [0, 0.1) is 0 Å². The van der Waals surface area contributed by atoms with Crippen LogP contribution >= 0.6 is 0 Å². The minimum Gasteiger partial charge on any atom is -0.342 e. The van der Waals surface area contributed by atoms with Crippen LogP contribution in [-0.4, -0.2) is 68.0 Å². The molecule has 0 aliphatic carbocycles. The van der Waals surface area contributed by atoms with Crippen molar-refractivity contribution < 1.29 is 14.1 Å². The van der Waals surface area contributed by atoms with Crippen molar-refractivity contribution in [3.8, 4) is 11.6 Å². The molecule has 1 saturated heterocycles. The molecule has 1 aliphatic heterocycles. The van der Waals surface area contributed by atoms with E-state index in [1.807, 2.05) is 0 Å². The highest BCUT2D eigenvalue weighted by Gasteiger charge is 2.35. The summed E-state index contributed by atoms with van der Waals surface area (Å²) in [4.78, 5) is 40.6. The lowest BCUT2D eigenvalue weighted by Gasteiger charge is -2.39. The van der Waals surface area contributed by atoms with Gasteiger partial charge in [0.15, 0.2) is 0 Å². The van der Waals surface area contributed by atoms with E-state index >= 15 is 0 Å². The maximum Gasteiger partial charge on any atom is 0.318 e. The Labute approximate surface area is 157 Å². The Morgan fingerprint density at radius 1 is 1.30 bits per heavy atom. The lowest BCUT2D eigenvalue weighted by molar-refractivity contribution is -0.138. The Balaban J connectivity index is 1.61. The second kappa shape index (κ2) is 8.56. The smallest absolute Gasteiger partial charge is 0.318 e. The number of unbranched alkanes of at least 4 members (excludes halogenated alkanes) is 1. The molecule has 1 atom stereocenters. The Hall–Kier alpha value is -3.04. The number of carbonyl (C=O) groups is 2. The van der Waals surface area contributed by atoms with Crippen molar-refractivity contribution in [2.45, 2.75) is 38.8 Å². The highest BCUT2D eigenvalue weighted by Crippen LogP contribution is 2.16. The third kappa shape index (κ3) is 4.39. The van der Waals surface area contributed by atoms with E-state index in [9.17, 15) is 9.59 Å². The average molecular weight is 373 g/mol. The number of hydrogen-bond donors (Lipinski definition) is 1. The molecule has 1 fully saturated rings. The molecule has 0 bridgehead atoms. The van der Waals surface area contributed by atoms with E-state index < -0.39 is 6.04 Å². The van der Waals surface area contributed by atoms with Gasteiger partial charge >= 0.3 is 6.03 Å². The van der Waals surface area contributed by atoms with Gasteiger partial charge in [-0.2, -0.15) is 4.98 Å². The first-order valence-electron chi connectivity index (χ1n) is 8.99. The van der Waals surface area contributed by atoms with Gasteiger partial charge in [-0.1, -0.05) is 24.9 Å². The zero-order chi connectivity index (χ0) is 19.2. The van der Waals surface area contributed by atoms with Crippen LogP contribution in [0.5, 0.6) is 0 Å². The molecule has 3 rings (SSSR count). The molecule has 0 radical (unpaired) electrons. The fraction of sp³-hybridized carbons (Fsp3) is 0.529. The van der Waals surface area contributed by atoms with Crippen molar-refractivity contribution in [3.05, 3.63) is 24.4 Å². The molecule has 1 aliphatic rings. The summed E-state index contributed by atoms with van der Waals surface area (Å²) in [6, 6.07) is 0.949. The van der Waals surface area contributed by atoms with Crippen LogP contribution in [0.25, 0.3) is 11.6 Å².